The maximum absolute atomic E-state index is 12.7. The van der Waals surface area contributed by atoms with Crippen molar-refractivity contribution in [3.05, 3.63) is 37.4 Å². The van der Waals surface area contributed by atoms with Crippen LogP contribution in [0.2, 0.25) is 0 Å². The maximum Gasteiger partial charge on any atom is 0.257 e. The number of anilines is 1. The molecule has 23 heavy (non-hydrogen) atoms. The second kappa shape index (κ2) is 6.10. The first-order valence-corrected chi connectivity index (χ1v) is 9.92. The summed E-state index contributed by atoms with van der Waals surface area (Å²) in [5.74, 6) is -0.0421. The third-order valence-electron chi connectivity index (χ3n) is 4.82. The van der Waals surface area contributed by atoms with Crippen LogP contribution in [0.4, 0.5) is 5.00 Å². The fourth-order valence-electron chi connectivity index (χ4n) is 3.63. The van der Waals surface area contributed by atoms with Gasteiger partial charge in [-0.3, -0.25) is 4.79 Å². The second-order valence-electron chi connectivity index (χ2n) is 6.24. The molecule has 4 rings (SSSR count). The fourth-order valence-corrected chi connectivity index (χ4v) is 5.99. The molecule has 2 aliphatic rings. The number of amides is 1. The van der Waals surface area contributed by atoms with Gasteiger partial charge in [-0.15, -0.1) is 22.7 Å². The number of hydrogen-bond acceptors (Lipinski definition) is 4. The molecule has 3 nitrogen and oxygen atoms in total. The van der Waals surface area contributed by atoms with Crippen LogP contribution in [0.1, 0.15) is 62.5 Å². The predicted octanol–water partition coefficient (Wildman–Crippen LogP) is 4.69. The number of nitriles is 1. The Morgan fingerprint density at radius 2 is 1.74 bits per heavy atom. The molecule has 0 spiro atoms. The van der Waals surface area contributed by atoms with Gasteiger partial charge in [-0.25, -0.2) is 0 Å². The van der Waals surface area contributed by atoms with E-state index in [-0.39, 0.29) is 5.91 Å². The van der Waals surface area contributed by atoms with Crippen molar-refractivity contribution in [2.24, 2.45) is 0 Å². The summed E-state index contributed by atoms with van der Waals surface area (Å²) in [6.07, 6.45) is 8.84. The zero-order chi connectivity index (χ0) is 15.8. The lowest BCUT2D eigenvalue weighted by Crippen LogP contribution is -2.14. The van der Waals surface area contributed by atoms with E-state index in [9.17, 15) is 10.1 Å². The van der Waals surface area contributed by atoms with Crippen LogP contribution < -0.4 is 5.32 Å². The maximum atomic E-state index is 12.7. The molecule has 1 amide bonds. The van der Waals surface area contributed by atoms with Crippen molar-refractivity contribution in [2.75, 3.05) is 5.32 Å². The molecule has 0 unspecified atom stereocenters. The minimum Gasteiger partial charge on any atom is -0.312 e. The first-order chi connectivity index (χ1) is 11.3. The molecule has 0 saturated heterocycles. The highest BCUT2D eigenvalue weighted by Crippen LogP contribution is 2.38. The smallest absolute Gasteiger partial charge is 0.257 e. The van der Waals surface area contributed by atoms with Gasteiger partial charge in [0.25, 0.3) is 5.91 Å². The molecule has 2 aliphatic carbocycles. The SMILES string of the molecule is N#Cc1c(NC(=O)c2csc3c2CCCC3)sc2c1CCCC2. The van der Waals surface area contributed by atoms with Crippen LogP contribution in [0.3, 0.4) is 0 Å². The topological polar surface area (TPSA) is 52.9 Å². The zero-order valence-electron chi connectivity index (χ0n) is 12.9. The van der Waals surface area contributed by atoms with E-state index < -0.39 is 0 Å². The van der Waals surface area contributed by atoms with Gasteiger partial charge in [0.2, 0.25) is 0 Å². The van der Waals surface area contributed by atoms with Crippen LogP contribution >= 0.6 is 22.7 Å². The molecule has 0 aromatic carbocycles. The Bertz CT molecular complexity index is 810. The molecule has 0 saturated carbocycles. The molecule has 1 N–H and O–H groups in total. The highest BCUT2D eigenvalue weighted by molar-refractivity contribution is 7.16. The Morgan fingerprint density at radius 1 is 1.04 bits per heavy atom. The van der Waals surface area contributed by atoms with Crippen LogP contribution in [0.5, 0.6) is 0 Å². The van der Waals surface area contributed by atoms with Gasteiger partial charge in [-0.2, -0.15) is 5.26 Å². The van der Waals surface area contributed by atoms with Crippen LogP contribution in [-0.4, -0.2) is 5.91 Å². The van der Waals surface area contributed by atoms with Crippen molar-refractivity contribution >= 4 is 33.6 Å². The first kappa shape index (κ1) is 14.9. The van der Waals surface area contributed by atoms with Gasteiger partial charge in [0, 0.05) is 15.1 Å². The fraction of sp³-hybridized carbons (Fsp3) is 0.444. The summed E-state index contributed by atoms with van der Waals surface area (Å²) in [7, 11) is 0. The van der Waals surface area contributed by atoms with Gasteiger partial charge in [0.05, 0.1) is 11.1 Å². The molecule has 0 bridgehead atoms. The Labute approximate surface area is 144 Å². The van der Waals surface area contributed by atoms with E-state index in [2.05, 4.69) is 11.4 Å². The van der Waals surface area contributed by atoms with Crippen molar-refractivity contribution < 1.29 is 4.79 Å². The number of thiophene rings is 2. The molecular formula is C18H18N2OS2. The highest BCUT2D eigenvalue weighted by Gasteiger charge is 2.24. The third-order valence-corrected chi connectivity index (χ3v) is 7.11. The summed E-state index contributed by atoms with van der Waals surface area (Å²) >= 11 is 3.30. The quantitative estimate of drug-likeness (QED) is 0.860. The van der Waals surface area contributed by atoms with Crippen molar-refractivity contribution in [1.82, 2.24) is 0 Å². The number of fused-ring (bicyclic) bond motifs is 2. The van der Waals surface area contributed by atoms with Crippen LogP contribution in [0.25, 0.3) is 0 Å². The molecule has 2 aromatic rings. The molecule has 5 heteroatoms. The molecule has 0 aliphatic heterocycles. The molecule has 118 valence electrons. The van der Waals surface area contributed by atoms with Gasteiger partial charge in [-0.05, 0) is 62.5 Å². The van der Waals surface area contributed by atoms with Gasteiger partial charge in [0.15, 0.2) is 0 Å². The molecule has 2 heterocycles. The minimum atomic E-state index is -0.0421. The van der Waals surface area contributed by atoms with Crippen LogP contribution in [0.15, 0.2) is 5.38 Å². The third kappa shape index (κ3) is 2.60. The normalized spacial score (nSPS) is 16.3. The van der Waals surface area contributed by atoms with E-state index in [1.54, 1.807) is 22.7 Å². The van der Waals surface area contributed by atoms with E-state index in [1.165, 1.54) is 40.1 Å². The Hall–Kier alpha value is -1.64. The summed E-state index contributed by atoms with van der Waals surface area (Å²) < 4.78 is 0. The standard InChI is InChI=1S/C18H18N2OS2/c19-9-13-11-5-2-4-8-16(11)23-18(13)20-17(21)14-10-22-15-7-3-1-6-12(14)15/h10H,1-8H2,(H,20,21). The largest absolute Gasteiger partial charge is 0.312 e. The number of rotatable bonds is 2. The lowest BCUT2D eigenvalue weighted by molar-refractivity contribution is 0.102. The number of hydrogen-bond donors (Lipinski definition) is 1. The zero-order valence-corrected chi connectivity index (χ0v) is 14.5. The highest BCUT2D eigenvalue weighted by atomic mass is 32.1. The lowest BCUT2D eigenvalue weighted by Gasteiger charge is -2.12. The minimum absolute atomic E-state index is 0.0421. The second-order valence-corrected chi connectivity index (χ2v) is 8.31. The van der Waals surface area contributed by atoms with Gasteiger partial charge in [0.1, 0.15) is 11.1 Å². The van der Waals surface area contributed by atoms with Crippen molar-refractivity contribution in [3.63, 3.8) is 0 Å². The van der Waals surface area contributed by atoms with Gasteiger partial charge in [-0.1, -0.05) is 0 Å². The molecule has 2 aromatic heterocycles. The summed E-state index contributed by atoms with van der Waals surface area (Å²) in [6, 6.07) is 2.31. The van der Waals surface area contributed by atoms with E-state index in [1.807, 2.05) is 5.38 Å². The van der Waals surface area contributed by atoms with E-state index in [4.69, 9.17) is 0 Å². The van der Waals surface area contributed by atoms with Gasteiger partial charge < -0.3 is 5.32 Å². The van der Waals surface area contributed by atoms with E-state index in [0.29, 0.717) is 5.56 Å². The molecule has 0 atom stereocenters. The molecule has 0 radical (unpaired) electrons. The Morgan fingerprint density at radius 3 is 2.52 bits per heavy atom. The summed E-state index contributed by atoms with van der Waals surface area (Å²) in [6.45, 7) is 0. The van der Waals surface area contributed by atoms with Crippen molar-refractivity contribution in [1.29, 1.82) is 5.26 Å². The van der Waals surface area contributed by atoms with E-state index >= 15 is 0 Å². The van der Waals surface area contributed by atoms with Crippen molar-refractivity contribution in [2.45, 2.75) is 51.4 Å². The average Bonchev–Trinajstić information content (AvgIpc) is 3.15. The van der Waals surface area contributed by atoms with E-state index in [0.717, 1.165) is 42.7 Å². The Kier molecular flexibility index (Phi) is 3.96. The number of carbonyl (C=O) groups excluding carboxylic acids is 1. The molecular weight excluding hydrogens is 324 g/mol. The van der Waals surface area contributed by atoms with Gasteiger partial charge >= 0.3 is 0 Å². The summed E-state index contributed by atoms with van der Waals surface area (Å²) in [5.41, 5.74) is 3.92. The number of aryl methyl sites for hydroxylation is 2. The van der Waals surface area contributed by atoms with Crippen LogP contribution in [-0.2, 0) is 25.7 Å². The summed E-state index contributed by atoms with van der Waals surface area (Å²) in [4.78, 5) is 15.4. The predicted molar refractivity (Wildman–Crippen MR) is 94.6 cm³/mol. The first-order valence-electron chi connectivity index (χ1n) is 8.23. The average molecular weight is 342 g/mol. The summed E-state index contributed by atoms with van der Waals surface area (Å²) in [5, 5.41) is 15.3. The number of nitrogens with one attached hydrogen (secondary N) is 1. The molecule has 0 fully saturated rings. The lowest BCUT2D eigenvalue weighted by atomic mass is 9.95. The van der Waals surface area contributed by atoms with Crippen molar-refractivity contribution in [3.8, 4) is 6.07 Å². The number of carbonyl (C=O) groups is 1. The number of nitrogens with zero attached hydrogens (tertiary/aromatic N) is 1. The Balaban J connectivity index is 1.63. The van der Waals surface area contributed by atoms with Crippen LogP contribution in [0, 0.1) is 11.3 Å². The monoisotopic (exact) mass is 342 g/mol.